The third kappa shape index (κ3) is 6.08. The number of ether oxygens (including phenoxy) is 1. The van der Waals surface area contributed by atoms with Crippen LogP contribution in [-0.4, -0.2) is 64.3 Å². The van der Waals surface area contributed by atoms with Gasteiger partial charge in [-0.2, -0.15) is 0 Å². The molecule has 0 radical (unpaired) electrons. The minimum Gasteiger partial charge on any atom is -0.480 e. The molecular weight excluding hydrogens is 380 g/mol. The van der Waals surface area contributed by atoms with Gasteiger partial charge in [-0.05, 0) is 52.5 Å². The van der Waals surface area contributed by atoms with Crippen LogP contribution in [0.25, 0.3) is 6.08 Å². The molecule has 1 aliphatic carbocycles. The maximum absolute atomic E-state index is 13.1. The van der Waals surface area contributed by atoms with Gasteiger partial charge in [0.1, 0.15) is 5.60 Å². The molecule has 0 bridgehead atoms. The molecule has 6 heteroatoms. The van der Waals surface area contributed by atoms with Crippen LogP contribution in [0.3, 0.4) is 0 Å². The second-order valence-electron chi connectivity index (χ2n) is 9.50. The molecule has 1 saturated heterocycles. The highest BCUT2D eigenvalue weighted by molar-refractivity contribution is 5.70. The number of nitrogens with zero attached hydrogens (tertiary/aromatic N) is 2. The Kier molecular flexibility index (Phi) is 6.86. The molecule has 164 valence electrons. The van der Waals surface area contributed by atoms with Gasteiger partial charge in [-0.1, -0.05) is 42.0 Å². The maximum atomic E-state index is 13.1. The van der Waals surface area contributed by atoms with E-state index in [4.69, 9.17) is 9.84 Å². The second kappa shape index (κ2) is 9.21. The summed E-state index contributed by atoms with van der Waals surface area (Å²) in [6.45, 7) is 9.25. The van der Waals surface area contributed by atoms with Crippen LogP contribution in [0.4, 0.5) is 4.79 Å². The minimum absolute atomic E-state index is 0.0597. The molecule has 2 unspecified atom stereocenters. The highest BCUT2D eigenvalue weighted by atomic mass is 16.6. The van der Waals surface area contributed by atoms with Gasteiger partial charge in [0, 0.05) is 31.1 Å². The molecule has 30 heavy (non-hydrogen) atoms. The molecule has 1 aromatic carbocycles. The summed E-state index contributed by atoms with van der Waals surface area (Å²) in [4.78, 5) is 28.0. The largest absolute Gasteiger partial charge is 0.480 e. The van der Waals surface area contributed by atoms with Crippen molar-refractivity contribution in [3.8, 4) is 0 Å². The molecule has 1 aliphatic heterocycles. The fraction of sp³-hybridized carbons (Fsp3) is 0.583. The first kappa shape index (κ1) is 22.3. The zero-order valence-electron chi connectivity index (χ0n) is 18.5. The van der Waals surface area contributed by atoms with Gasteiger partial charge in [0.25, 0.3) is 0 Å². The lowest BCUT2D eigenvalue weighted by molar-refractivity contribution is -0.138. The highest BCUT2D eigenvalue weighted by Gasteiger charge is 2.48. The lowest BCUT2D eigenvalue weighted by Gasteiger charge is -2.39. The standard InChI is InChI=1S/C24H34N2O4/c1-17(14-18-8-6-5-7-9-18)20-15-21(20)26(23(29)30-24(2,3)4)19-10-12-25(13-11-19)16-22(27)28/h5-9,14,19-21H,10-13,15-16H2,1-4H3,(H,27,28). The van der Waals surface area contributed by atoms with E-state index in [2.05, 4.69) is 25.1 Å². The van der Waals surface area contributed by atoms with E-state index in [0.717, 1.165) is 19.3 Å². The number of piperidine rings is 1. The number of rotatable bonds is 6. The van der Waals surface area contributed by atoms with Crippen molar-refractivity contribution >= 4 is 18.1 Å². The lowest BCUT2D eigenvalue weighted by Crippen LogP contribution is -2.50. The first-order valence-electron chi connectivity index (χ1n) is 10.8. The minimum atomic E-state index is -0.804. The van der Waals surface area contributed by atoms with E-state index >= 15 is 0 Å². The summed E-state index contributed by atoms with van der Waals surface area (Å²) in [7, 11) is 0. The molecule has 2 fully saturated rings. The summed E-state index contributed by atoms with van der Waals surface area (Å²) < 4.78 is 5.75. The van der Waals surface area contributed by atoms with Gasteiger partial charge in [0.05, 0.1) is 6.54 Å². The van der Waals surface area contributed by atoms with Crippen molar-refractivity contribution in [2.75, 3.05) is 19.6 Å². The molecule has 1 aromatic rings. The predicted octanol–water partition coefficient (Wildman–Crippen LogP) is 4.26. The SMILES string of the molecule is CC(=Cc1ccccc1)C1CC1N(C(=O)OC(C)(C)C)C1CCN(CC(=O)O)CC1. The van der Waals surface area contributed by atoms with Crippen LogP contribution in [0.1, 0.15) is 52.5 Å². The molecule has 1 saturated carbocycles. The Bertz CT molecular complexity index is 776. The highest BCUT2D eigenvalue weighted by Crippen LogP contribution is 2.44. The van der Waals surface area contributed by atoms with Crippen molar-refractivity contribution in [2.24, 2.45) is 5.92 Å². The van der Waals surface area contributed by atoms with Crippen LogP contribution >= 0.6 is 0 Å². The molecule has 2 aliphatic rings. The summed E-state index contributed by atoms with van der Waals surface area (Å²) >= 11 is 0. The summed E-state index contributed by atoms with van der Waals surface area (Å²) in [5, 5.41) is 9.04. The van der Waals surface area contributed by atoms with E-state index < -0.39 is 11.6 Å². The lowest BCUT2D eigenvalue weighted by atomic mass is 10.0. The van der Waals surface area contributed by atoms with Crippen LogP contribution in [0.15, 0.2) is 35.9 Å². The fourth-order valence-electron chi connectivity index (χ4n) is 4.31. The molecule has 1 heterocycles. The Morgan fingerprint density at radius 2 is 1.83 bits per heavy atom. The van der Waals surface area contributed by atoms with Crippen molar-refractivity contribution in [2.45, 2.75) is 64.6 Å². The summed E-state index contributed by atoms with van der Waals surface area (Å²) in [5.41, 5.74) is 1.91. The van der Waals surface area contributed by atoms with Crippen molar-refractivity contribution in [1.29, 1.82) is 0 Å². The molecule has 6 nitrogen and oxygen atoms in total. The van der Waals surface area contributed by atoms with E-state index in [1.807, 2.05) is 48.8 Å². The Labute approximate surface area is 179 Å². The van der Waals surface area contributed by atoms with Gasteiger partial charge < -0.3 is 14.7 Å². The van der Waals surface area contributed by atoms with Gasteiger partial charge in [-0.3, -0.25) is 9.69 Å². The third-order valence-electron chi connectivity index (χ3n) is 5.81. The van der Waals surface area contributed by atoms with E-state index in [0.29, 0.717) is 19.0 Å². The average Bonchev–Trinajstić information content (AvgIpc) is 3.43. The summed E-state index contributed by atoms with van der Waals surface area (Å²) in [6, 6.07) is 10.5. The van der Waals surface area contributed by atoms with E-state index in [1.54, 1.807) is 0 Å². The monoisotopic (exact) mass is 414 g/mol. The first-order chi connectivity index (χ1) is 14.1. The number of hydrogen-bond donors (Lipinski definition) is 1. The van der Waals surface area contributed by atoms with Gasteiger partial charge in [-0.25, -0.2) is 4.79 Å². The number of amides is 1. The molecule has 2 atom stereocenters. The number of aliphatic carboxylic acids is 1. The van der Waals surface area contributed by atoms with Crippen LogP contribution in [-0.2, 0) is 9.53 Å². The van der Waals surface area contributed by atoms with Crippen LogP contribution in [0.2, 0.25) is 0 Å². The smallest absolute Gasteiger partial charge is 0.410 e. The van der Waals surface area contributed by atoms with Crippen molar-refractivity contribution in [1.82, 2.24) is 9.80 Å². The van der Waals surface area contributed by atoms with E-state index in [1.165, 1.54) is 11.1 Å². The Morgan fingerprint density at radius 1 is 1.20 bits per heavy atom. The molecule has 3 rings (SSSR count). The van der Waals surface area contributed by atoms with E-state index in [9.17, 15) is 9.59 Å². The Morgan fingerprint density at radius 3 is 2.40 bits per heavy atom. The number of carboxylic acids is 1. The summed E-state index contributed by atoms with van der Waals surface area (Å²) in [5.74, 6) is -0.462. The van der Waals surface area contributed by atoms with Gasteiger partial charge in [-0.15, -0.1) is 0 Å². The fourth-order valence-corrected chi connectivity index (χ4v) is 4.31. The number of hydrogen-bond acceptors (Lipinski definition) is 4. The number of benzene rings is 1. The van der Waals surface area contributed by atoms with Crippen LogP contribution < -0.4 is 0 Å². The average molecular weight is 415 g/mol. The second-order valence-corrected chi connectivity index (χ2v) is 9.50. The number of carboxylic acid groups (broad SMARTS) is 1. The molecular formula is C24H34N2O4. The quantitative estimate of drug-likeness (QED) is 0.753. The topological polar surface area (TPSA) is 70.1 Å². The van der Waals surface area contributed by atoms with Gasteiger partial charge in [0.15, 0.2) is 0 Å². The van der Waals surface area contributed by atoms with Gasteiger partial charge in [0.2, 0.25) is 0 Å². The molecule has 0 aromatic heterocycles. The molecule has 0 spiro atoms. The molecule has 1 N–H and O–H groups in total. The van der Waals surface area contributed by atoms with Crippen molar-refractivity contribution < 1.29 is 19.4 Å². The summed E-state index contributed by atoms with van der Waals surface area (Å²) in [6.07, 6.45) is 4.45. The van der Waals surface area contributed by atoms with E-state index in [-0.39, 0.29) is 24.7 Å². The number of likely N-dealkylation sites (tertiary alicyclic amines) is 1. The van der Waals surface area contributed by atoms with Crippen molar-refractivity contribution in [3.05, 3.63) is 41.5 Å². The van der Waals surface area contributed by atoms with Crippen LogP contribution in [0.5, 0.6) is 0 Å². The zero-order valence-corrected chi connectivity index (χ0v) is 18.5. The molecule has 1 amide bonds. The Balaban J connectivity index is 1.71. The number of carbonyl (C=O) groups excluding carboxylic acids is 1. The van der Waals surface area contributed by atoms with Gasteiger partial charge >= 0.3 is 12.1 Å². The third-order valence-corrected chi connectivity index (χ3v) is 5.81. The predicted molar refractivity (Wildman–Crippen MR) is 117 cm³/mol. The normalized spacial score (nSPS) is 23.1. The first-order valence-corrected chi connectivity index (χ1v) is 10.8. The number of carbonyl (C=O) groups is 2. The maximum Gasteiger partial charge on any atom is 0.410 e. The Hall–Kier alpha value is -2.34. The van der Waals surface area contributed by atoms with Crippen LogP contribution in [0, 0.1) is 5.92 Å². The zero-order chi connectivity index (χ0) is 21.9. The van der Waals surface area contributed by atoms with Crippen molar-refractivity contribution in [3.63, 3.8) is 0 Å².